The molecule has 0 amide bonds. The summed E-state index contributed by atoms with van der Waals surface area (Å²) < 4.78 is 35.5. The number of aliphatic carboxylic acids is 1. The molecular weight excluding hydrogens is 394 g/mol. The van der Waals surface area contributed by atoms with Crippen LogP contribution in [0.1, 0.15) is 12.8 Å². The molecule has 3 rings (SSSR count). The van der Waals surface area contributed by atoms with Crippen molar-refractivity contribution >= 4 is 15.8 Å². The number of para-hydroxylation sites is 1. The summed E-state index contributed by atoms with van der Waals surface area (Å²) in [5.74, 6) is -0.184. The lowest BCUT2D eigenvalue weighted by atomic mass is 9.96. The van der Waals surface area contributed by atoms with Gasteiger partial charge >= 0.3 is 5.97 Å². The van der Waals surface area contributed by atoms with Crippen molar-refractivity contribution in [3.63, 3.8) is 0 Å². The fourth-order valence-electron chi connectivity index (χ4n) is 3.49. The van der Waals surface area contributed by atoms with E-state index in [2.05, 4.69) is 0 Å². The van der Waals surface area contributed by atoms with Gasteiger partial charge < -0.3 is 19.5 Å². The lowest BCUT2D eigenvalue weighted by molar-refractivity contribution is -0.141. The summed E-state index contributed by atoms with van der Waals surface area (Å²) >= 11 is 0. The molecule has 156 valence electrons. The first kappa shape index (κ1) is 21.3. The van der Waals surface area contributed by atoms with Crippen LogP contribution in [0.15, 0.2) is 59.5 Å². The molecule has 1 saturated heterocycles. The van der Waals surface area contributed by atoms with Crippen molar-refractivity contribution < 1.29 is 27.8 Å². The quantitative estimate of drug-likeness (QED) is 0.703. The number of sulfone groups is 1. The third-order valence-electron chi connectivity index (χ3n) is 5.29. The molecule has 8 heteroatoms. The molecule has 1 aliphatic rings. The molecule has 1 heterocycles. The second kappa shape index (κ2) is 8.94. The molecule has 0 spiro atoms. The number of carboxylic acids is 1. The fraction of sp³-hybridized carbons (Fsp3) is 0.381. The van der Waals surface area contributed by atoms with E-state index in [1.807, 2.05) is 23.1 Å². The van der Waals surface area contributed by atoms with Gasteiger partial charge in [0.2, 0.25) is 0 Å². The SMILES string of the molecule is COCCN1CCC(C(=O)O)(S(=O)(=O)c2ccc(Oc3ccccc3)cc2)CC1. The molecule has 1 N–H and O–H groups in total. The number of carbonyl (C=O) groups is 1. The van der Waals surface area contributed by atoms with E-state index in [1.54, 1.807) is 31.4 Å². The van der Waals surface area contributed by atoms with Crippen LogP contribution in [0.3, 0.4) is 0 Å². The Kier molecular flexibility index (Phi) is 6.56. The van der Waals surface area contributed by atoms with E-state index >= 15 is 0 Å². The van der Waals surface area contributed by atoms with E-state index in [9.17, 15) is 18.3 Å². The van der Waals surface area contributed by atoms with Crippen molar-refractivity contribution in [2.45, 2.75) is 22.5 Å². The molecule has 1 fully saturated rings. The van der Waals surface area contributed by atoms with E-state index in [0.717, 1.165) is 0 Å². The summed E-state index contributed by atoms with van der Waals surface area (Å²) in [4.78, 5) is 14.1. The van der Waals surface area contributed by atoms with Crippen molar-refractivity contribution in [3.05, 3.63) is 54.6 Å². The van der Waals surface area contributed by atoms with Gasteiger partial charge in [-0.3, -0.25) is 4.79 Å². The number of likely N-dealkylation sites (tertiary alicyclic amines) is 1. The van der Waals surface area contributed by atoms with E-state index in [-0.39, 0.29) is 17.7 Å². The van der Waals surface area contributed by atoms with Crippen molar-refractivity contribution in [1.82, 2.24) is 4.90 Å². The molecule has 29 heavy (non-hydrogen) atoms. The van der Waals surface area contributed by atoms with Crippen molar-refractivity contribution in [3.8, 4) is 11.5 Å². The van der Waals surface area contributed by atoms with E-state index < -0.39 is 20.6 Å². The maximum absolute atomic E-state index is 13.3. The zero-order valence-electron chi connectivity index (χ0n) is 16.3. The number of hydrogen-bond acceptors (Lipinski definition) is 6. The van der Waals surface area contributed by atoms with Gasteiger partial charge in [-0.2, -0.15) is 0 Å². The first-order valence-corrected chi connectivity index (χ1v) is 10.9. The summed E-state index contributed by atoms with van der Waals surface area (Å²) in [5, 5.41) is 9.85. The summed E-state index contributed by atoms with van der Waals surface area (Å²) in [7, 11) is -2.47. The average Bonchev–Trinajstić information content (AvgIpc) is 2.73. The van der Waals surface area contributed by atoms with Crippen LogP contribution in [0.4, 0.5) is 0 Å². The summed E-state index contributed by atoms with van der Waals surface area (Å²) in [5.41, 5.74) is 0. The number of carboxylic acid groups (broad SMARTS) is 1. The summed E-state index contributed by atoms with van der Waals surface area (Å²) in [6, 6.07) is 15.0. The summed E-state index contributed by atoms with van der Waals surface area (Å²) in [6.07, 6.45) is 0.0767. The van der Waals surface area contributed by atoms with Crippen LogP contribution in [0, 0.1) is 0 Å². The minimum absolute atomic E-state index is 0.00865. The Hall–Kier alpha value is -2.42. The molecule has 0 saturated carbocycles. The Bertz CT molecular complexity index is 919. The highest BCUT2D eigenvalue weighted by Crippen LogP contribution is 2.36. The van der Waals surface area contributed by atoms with Crippen molar-refractivity contribution in [1.29, 1.82) is 0 Å². The Morgan fingerprint density at radius 2 is 1.62 bits per heavy atom. The molecule has 0 bridgehead atoms. The predicted molar refractivity (Wildman–Crippen MR) is 108 cm³/mol. The van der Waals surface area contributed by atoms with Gasteiger partial charge in [-0.1, -0.05) is 18.2 Å². The zero-order chi connectivity index (χ0) is 20.9. The number of piperidine rings is 1. The zero-order valence-corrected chi connectivity index (χ0v) is 17.1. The van der Waals surface area contributed by atoms with Gasteiger partial charge in [0.15, 0.2) is 14.6 Å². The third kappa shape index (κ3) is 4.44. The normalized spacial score (nSPS) is 17.0. The van der Waals surface area contributed by atoms with E-state index in [0.29, 0.717) is 37.7 Å². The monoisotopic (exact) mass is 419 g/mol. The minimum Gasteiger partial charge on any atom is -0.480 e. The van der Waals surface area contributed by atoms with Gasteiger partial charge in [-0.15, -0.1) is 0 Å². The lowest BCUT2D eigenvalue weighted by Gasteiger charge is -2.38. The van der Waals surface area contributed by atoms with Crippen LogP contribution >= 0.6 is 0 Å². The second-order valence-corrected chi connectivity index (χ2v) is 9.28. The van der Waals surface area contributed by atoms with Gasteiger partial charge in [-0.25, -0.2) is 8.42 Å². The molecule has 2 aromatic carbocycles. The number of benzene rings is 2. The van der Waals surface area contributed by atoms with Gasteiger partial charge in [0.25, 0.3) is 0 Å². The van der Waals surface area contributed by atoms with Crippen LogP contribution in [0.25, 0.3) is 0 Å². The highest BCUT2D eigenvalue weighted by atomic mass is 32.2. The largest absolute Gasteiger partial charge is 0.480 e. The Morgan fingerprint density at radius 1 is 1.03 bits per heavy atom. The highest BCUT2D eigenvalue weighted by molar-refractivity contribution is 7.93. The molecule has 0 radical (unpaired) electrons. The molecule has 2 aromatic rings. The maximum atomic E-state index is 13.3. The van der Waals surface area contributed by atoms with Crippen LogP contribution in [0.2, 0.25) is 0 Å². The Labute approximate surface area is 170 Å². The van der Waals surface area contributed by atoms with Crippen molar-refractivity contribution in [2.24, 2.45) is 0 Å². The van der Waals surface area contributed by atoms with Crippen LogP contribution in [-0.4, -0.2) is 62.5 Å². The highest BCUT2D eigenvalue weighted by Gasteiger charge is 2.53. The van der Waals surface area contributed by atoms with Gasteiger partial charge in [0.05, 0.1) is 11.5 Å². The molecule has 0 unspecified atom stereocenters. The van der Waals surface area contributed by atoms with E-state index in [4.69, 9.17) is 9.47 Å². The number of ether oxygens (including phenoxy) is 2. The number of hydrogen-bond donors (Lipinski definition) is 1. The van der Waals surface area contributed by atoms with Crippen molar-refractivity contribution in [2.75, 3.05) is 33.4 Å². The number of nitrogens with zero attached hydrogens (tertiary/aromatic N) is 1. The molecule has 0 atom stereocenters. The lowest BCUT2D eigenvalue weighted by Crippen LogP contribution is -2.54. The topological polar surface area (TPSA) is 93.1 Å². The summed E-state index contributed by atoms with van der Waals surface area (Å²) in [6.45, 7) is 1.96. The van der Waals surface area contributed by atoms with E-state index in [1.165, 1.54) is 12.1 Å². The molecule has 1 aliphatic heterocycles. The molecule has 0 aliphatic carbocycles. The van der Waals surface area contributed by atoms with Gasteiger partial charge in [0, 0.05) is 26.7 Å². The third-order valence-corrected chi connectivity index (χ3v) is 7.80. The first-order valence-electron chi connectivity index (χ1n) is 9.41. The predicted octanol–water partition coefficient (Wildman–Crippen LogP) is 2.82. The Morgan fingerprint density at radius 3 is 2.17 bits per heavy atom. The van der Waals surface area contributed by atoms with Gasteiger partial charge in [0.1, 0.15) is 11.5 Å². The average molecular weight is 419 g/mol. The molecule has 0 aromatic heterocycles. The smallest absolute Gasteiger partial charge is 0.325 e. The van der Waals surface area contributed by atoms with Crippen LogP contribution < -0.4 is 4.74 Å². The van der Waals surface area contributed by atoms with Crippen LogP contribution in [0.5, 0.6) is 11.5 Å². The molecule has 7 nitrogen and oxygen atoms in total. The number of methoxy groups -OCH3 is 1. The maximum Gasteiger partial charge on any atom is 0.325 e. The van der Waals surface area contributed by atoms with Gasteiger partial charge in [-0.05, 0) is 49.2 Å². The first-order chi connectivity index (χ1) is 13.9. The molecular formula is C21H25NO6S. The standard InChI is InChI=1S/C21H25NO6S/c1-27-16-15-22-13-11-21(12-14-22,20(23)24)29(25,26)19-9-7-18(8-10-19)28-17-5-3-2-4-6-17/h2-10H,11-16H2,1H3,(H,23,24). The second-order valence-electron chi connectivity index (χ2n) is 7.02. The minimum atomic E-state index is -4.07. The van der Waals surface area contributed by atoms with Crippen LogP contribution in [-0.2, 0) is 19.4 Å². The Balaban J connectivity index is 1.79. The fourth-order valence-corrected chi connectivity index (χ4v) is 5.39. The number of rotatable bonds is 8.